The molecule has 128 valence electrons. The number of ether oxygens (including phenoxy) is 1. The van der Waals surface area contributed by atoms with Crippen LogP contribution in [-0.2, 0) is 14.3 Å². The van der Waals surface area contributed by atoms with Crippen molar-refractivity contribution in [2.75, 3.05) is 11.9 Å². The first-order chi connectivity index (χ1) is 12.0. The topological polar surface area (TPSA) is 72.5 Å². The van der Waals surface area contributed by atoms with Crippen molar-refractivity contribution in [3.63, 3.8) is 0 Å². The minimum Gasteiger partial charge on any atom is -0.452 e. The highest BCUT2D eigenvalue weighted by molar-refractivity contribution is 6.30. The Hall–Kier alpha value is -2.92. The van der Waals surface area contributed by atoms with Crippen molar-refractivity contribution in [3.05, 3.63) is 70.8 Å². The predicted molar refractivity (Wildman–Crippen MR) is 96.5 cm³/mol. The number of benzene rings is 2. The second kappa shape index (κ2) is 8.80. The van der Waals surface area contributed by atoms with Crippen molar-refractivity contribution in [1.29, 1.82) is 0 Å². The van der Waals surface area contributed by atoms with Gasteiger partial charge in [-0.2, -0.15) is 0 Å². The molecule has 0 saturated carbocycles. The Bertz CT molecular complexity index is 830. The van der Waals surface area contributed by atoms with E-state index in [0.29, 0.717) is 16.3 Å². The fourth-order valence-corrected chi connectivity index (χ4v) is 2.24. The van der Waals surface area contributed by atoms with Crippen LogP contribution in [0.15, 0.2) is 54.6 Å². The summed E-state index contributed by atoms with van der Waals surface area (Å²) >= 11 is 5.85. The summed E-state index contributed by atoms with van der Waals surface area (Å²) in [5, 5.41) is 3.10. The van der Waals surface area contributed by atoms with Crippen LogP contribution in [-0.4, -0.2) is 24.3 Å². The molecule has 25 heavy (non-hydrogen) atoms. The molecule has 0 fully saturated rings. The third-order valence-electron chi connectivity index (χ3n) is 3.19. The van der Waals surface area contributed by atoms with Gasteiger partial charge in [0.25, 0.3) is 5.91 Å². The fraction of sp³-hybridized carbons (Fsp3) is 0.105. The number of amides is 1. The Morgan fingerprint density at radius 1 is 1.12 bits per heavy atom. The van der Waals surface area contributed by atoms with Crippen LogP contribution in [0.25, 0.3) is 6.08 Å². The van der Waals surface area contributed by atoms with E-state index in [1.807, 2.05) is 0 Å². The standard InChI is InChI=1S/C19H16ClNO4/c1-13(22)16-7-2-3-8-17(16)21-18(23)12-25-19(24)10-9-14-5-4-6-15(20)11-14/h2-11H,12H2,1H3,(H,21,23)/b10-9+. The van der Waals surface area contributed by atoms with Gasteiger partial charge in [-0.3, -0.25) is 9.59 Å². The van der Waals surface area contributed by atoms with Gasteiger partial charge >= 0.3 is 5.97 Å². The van der Waals surface area contributed by atoms with E-state index >= 15 is 0 Å². The molecule has 1 amide bonds. The SMILES string of the molecule is CC(=O)c1ccccc1NC(=O)COC(=O)/C=C/c1cccc(Cl)c1. The highest BCUT2D eigenvalue weighted by Gasteiger charge is 2.10. The number of carbonyl (C=O) groups excluding carboxylic acids is 3. The molecule has 0 aliphatic heterocycles. The first-order valence-corrected chi connectivity index (χ1v) is 7.84. The quantitative estimate of drug-likeness (QED) is 0.485. The van der Waals surface area contributed by atoms with E-state index in [1.165, 1.54) is 19.1 Å². The highest BCUT2D eigenvalue weighted by Crippen LogP contribution is 2.15. The molecule has 2 rings (SSSR count). The van der Waals surface area contributed by atoms with Gasteiger partial charge in [0.1, 0.15) is 0 Å². The average Bonchev–Trinajstić information content (AvgIpc) is 2.58. The van der Waals surface area contributed by atoms with Crippen LogP contribution in [0.3, 0.4) is 0 Å². The molecule has 1 N–H and O–H groups in total. The Balaban J connectivity index is 1.88. The molecule has 0 atom stereocenters. The molecule has 0 aliphatic carbocycles. The summed E-state index contributed by atoms with van der Waals surface area (Å²) < 4.78 is 4.87. The molecule has 0 bridgehead atoms. The van der Waals surface area contributed by atoms with Crippen LogP contribution in [0.5, 0.6) is 0 Å². The summed E-state index contributed by atoms with van der Waals surface area (Å²) in [5.41, 5.74) is 1.51. The van der Waals surface area contributed by atoms with Crippen LogP contribution in [0, 0.1) is 0 Å². The number of hydrogen-bond acceptors (Lipinski definition) is 4. The number of anilines is 1. The van der Waals surface area contributed by atoms with Gasteiger partial charge < -0.3 is 10.1 Å². The minimum atomic E-state index is -0.657. The van der Waals surface area contributed by atoms with Gasteiger partial charge in [0.2, 0.25) is 0 Å². The maximum atomic E-state index is 11.9. The Morgan fingerprint density at radius 3 is 2.60 bits per heavy atom. The number of carbonyl (C=O) groups is 3. The van der Waals surface area contributed by atoms with E-state index in [2.05, 4.69) is 5.32 Å². The minimum absolute atomic E-state index is 0.169. The van der Waals surface area contributed by atoms with Gasteiger partial charge in [-0.05, 0) is 42.8 Å². The zero-order valence-electron chi connectivity index (χ0n) is 13.5. The number of nitrogens with one attached hydrogen (secondary N) is 1. The van der Waals surface area contributed by atoms with Crippen LogP contribution >= 0.6 is 11.6 Å². The van der Waals surface area contributed by atoms with Crippen molar-refractivity contribution in [2.45, 2.75) is 6.92 Å². The molecule has 0 aromatic heterocycles. The molecular weight excluding hydrogens is 342 g/mol. The van der Waals surface area contributed by atoms with Crippen LogP contribution in [0.4, 0.5) is 5.69 Å². The zero-order valence-corrected chi connectivity index (χ0v) is 14.2. The lowest BCUT2D eigenvalue weighted by molar-refractivity contribution is -0.142. The number of rotatable bonds is 6. The molecule has 0 aliphatic rings. The van der Waals surface area contributed by atoms with Crippen LogP contribution in [0.2, 0.25) is 5.02 Å². The molecule has 0 heterocycles. The van der Waals surface area contributed by atoms with E-state index < -0.39 is 18.5 Å². The van der Waals surface area contributed by atoms with Crippen LogP contribution in [0.1, 0.15) is 22.8 Å². The van der Waals surface area contributed by atoms with E-state index in [0.717, 1.165) is 5.56 Å². The molecule has 2 aromatic carbocycles. The van der Waals surface area contributed by atoms with Crippen molar-refractivity contribution < 1.29 is 19.1 Å². The smallest absolute Gasteiger partial charge is 0.331 e. The lowest BCUT2D eigenvalue weighted by Crippen LogP contribution is -2.21. The average molecular weight is 358 g/mol. The van der Waals surface area contributed by atoms with E-state index in [-0.39, 0.29) is 5.78 Å². The van der Waals surface area contributed by atoms with Gasteiger partial charge in [-0.25, -0.2) is 4.79 Å². The third kappa shape index (κ3) is 5.90. The summed E-state index contributed by atoms with van der Waals surface area (Å²) in [6.07, 6.45) is 2.75. The number of halogens is 1. The molecular formula is C19H16ClNO4. The van der Waals surface area contributed by atoms with Crippen molar-refractivity contribution in [3.8, 4) is 0 Å². The van der Waals surface area contributed by atoms with Crippen LogP contribution < -0.4 is 5.32 Å². The molecule has 5 nitrogen and oxygen atoms in total. The maximum Gasteiger partial charge on any atom is 0.331 e. The van der Waals surface area contributed by atoms with Gasteiger partial charge in [0.05, 0.1) is 5.69 Å². The van der Waals surface area contributed by atoms with Gasteiger partial charge in [0.15, 0.2) is 12.4 Å². The van der Waals surface area contributed by atoms with Crippen molar-refractivity contribution in [2.24, 2.45) is 0 Å². The number of Topliss-reactive ketones (excluding diaryl/α,β-unsaturated/α-hetero) is 1. The number of hydrogen-bond donors (Lipinski definition) is 1. The fourth-order valence-electron chi connectivity index (χ4n) is 2.04. The molecule has 6 heteroatoms. The summed E-state index contributed by atoms with van der Waals surface area (Å²) in [6.45, 7) is 0.955. The summed E-state index contributed by atoms with van der Waals surface area (Å²) in [6, 6.07) is 13.6. The molecule has 0 saturated heterocycles. The second-order valence-electron chi connectivity index (χ2n) is 5.15. The monoisotopic (exact) mass is 357 g/mol. The normalized spacial score (nSPS) is 10.5. The molecule has 2 aromatic rings. The van der Waals surface area contributed by atoms with E-state index in [1.54, 1.807) is 48.5 Å². The largest absolute Gasteiger partial charge is 0.452 e. The first-order valence-electron chi connectivity index (χ1n) is 7.46. The first kappa shape index (κ1) is 18.4. The summed E-state index contributed by atoms with van der Waals surface area (Å²) in [7, 11) is 0. The molecule has 0 unspecified atom stereocenters. The van der Waals surface area contributed by atoms with E-state index in [9.17, 15) is 14.4 Å². The predicted octanol–water partition coefficient (Wildman–Crippen LogP) is 3.74. The van der Waals surface area contributed by atoms with E-state index in [4.69, 9.17) is 16.3 Å². The maximum absolute atomic E-state index is 11.9. The second-order valence-corrected chi connectivity index (χ2v) is 5.58. The highest BCUT2D eigenvalue weighted by atomic mass is 35.5. The zero-order chi connectivity index (χ0) is 18.2. The lowest BCUT2D eigenvalue weighted by atomic mass is 10.1. The van der Waals surface area contributed by atoms with Gasteiger partial charge in [-0.1, -0.05) is 35.9 Å². The lowest BCUT2D eigenvalue weighted by Gasteiger charge is -2.08. The Labute approximate surface area is 150 Å². The van der Waals surface area contributed by atoms with Gasteiger partial charge in [0, 0.05) is 16.7 Å². The third-order valence-corrected chi connectivity index (χ3v) is 3.42. The number of ketones is 1. The van der Waals surface area contributed by atoms with Crippen molar-refractivity contribution in [1.82, 2.24) is 0 Å². The Kier molecular flexibility index (Phi) is 6.48. The van der Waals surface area contributed by atoms with Crippen molar-refractivity contribution >= 4 is 41.0 Å². The Morgan fingerprint density at radius 2 is 1.88 bits per heavy atom. The summed E-state index contributed by atoms with van der Waals surface area (Å²) in [4.78, 5) is 35.0. The molecule has 0 spiro atoms. The van der Waals surface area contributed by atoms with Gasteiger partial charge in [-0.15, -0.1) is 0 Å². The number of esters is 1. The summed E-state index contributed by atoms with van der Waals surface area (Å²) in [5.74, 6) is -1.36. The number of para-hydroxylation sites is 1. The molecule has 0 radical (unpaired) electrons.